The van der Waals surface area contributed by atoms with E-state index in [1.54, 1.807) is 23.9 Å². The van der Waals surface area contributed by atoms with Crippen LogP contribution in [0, 0.1) is 17.0 Å². The first-order chi connectivity index (χ1) is 19.5. The number of hydrogen-bond acceptors (Lipinski definition) is 5. The number of para-hydroxylation sites is 1. The van der Waals surface area contributed by atoms with Crippen LogP contribution in [0.25, 0.3) is 5.69 Å². The van der Waals surface area contributed by atoms with Crippen molar-refractivity contribution >= 4 is 40.5 Å². The Hall–Kier alpha value is -4.47. The summed E-state index contributed by atoms with van der Waals surface area (Å²) in [6.07, 6.45) is 1.81. The predicted molar refractivity (Wildman–Crippen MR) is 162 cm³/mol. The van der Waals surface area contributed by atoms with Crippen molar-refractivity contribution in [2.45, 2.75) is 28.8 Å². The van der Waals surface area contributed by atoms with Crippen LogP contribution in [0.1, 0.15) is 29.2 Å². The summed E-state index contributed by atoms with van der Waals surface area (Å²) in [7, 11) is 0. The molecule has 1 aliphatic rings. The third-order valence-electron chi connectivity index (χ3n) is 6.92. The summed E-state index contributed by atoms with van der Waals surface area (Å²) in [6, 6.07) is 35.1. The minimum absolute atomic E-state index is 0.0822. The van der Waals surface area contributed by atoms with E-state index in [0.717, 1.165) is 38.2 Å². The van der Waals surface area contributed by atoms with Crippen LogP contribution in [0.3, 0.4) is 0 Å². The zero-order chi connectivity index (χ0) is 27.6. The van der Waals surface area contributed by atoms with Gasteiger partial charge >= 0.3 is 0 Å². The van der Waals surface area contributed by atoms with Crippen molar-refractivity contribution in [3.8, 4) is 5.69 Å². The summed E-state index contributed by atoms with van der Waals surface area (Å²) in [6.45, 7) is 2.11. The second kappa shape index (κ2) is 11.0. The van der Waals surface area contributed by atoms with Gasteiger partial charge in [-0.15, -0.1) is 0 Å². The van der Waals surface area contributed by atoms with Crippen molar-refractivity contribution in [3.05, 3.63) is 143 Å². The Kier molecular flexibility index (Phi) is 7.06. The molecule has 1 fully saturated rings. The highest BCUT2D eigenvalue weighted by molar-refractivity contribution is 7.99. The fourth-order valence-corrected chi connectivity index (χ4v) is 6.26. The smallest absolute Gasteiger partial charge is 0.269 e. The third-order valence-corrected chi connectivity index (χ3v) is 8.25. The van der Waals surface area contributed by atoms with Crippen molar-refractivity contribution in [3.63, 3.8) is 0 Å². The number of thiocarbonyl (C=S) groups is 1. The van der Waals surface area contributed by atoms with Gasteiger partial charge in [-0.1, -0.05) is 36.0 Å². The van der Waals surface area contributed by atoms with Gasteiger partial charge in [-0.2, -0.15) is 0 Å². The Bertz CT molecular complexity index is 1660. The molecule has 6 rings (SSSR count). The quantitative estimate of drug-likeness (QED) is 0.125. The van der Waals surface area contributed by atoms with E-state index in [1.165, 1.54) is 12.1 Å². The second-order valence-electron chi connectivity index (χ2n) is 9.41. The Morgan fingerprint density at radius 2 is 1.52 bits per heavy atom. The molecule has 1 saturated heterocycles. The molecule has 0 saturated carbocycles. The van der Waals surface area contributed by atoms with Gasteiger partial charge in [0.05, 0.1) is 16.7 Å². The van der Waals surface area contributed by atoms with E-state index in [0.29, 0.717) is 5.11 Å². The van der Waals surface area contributed by atoms with Gasteiger partial charge in [-0.3, -0.25) is 15.1 Å². The first-order valence-corrected chi connectivity index (χ1v) is 14.0. The van der Waals surface area contributed by atoms with E-state index in [-0.39, 0.29) is 22.7 Å². The lowest BCUT2D eigenvalue weighted by Crippen LogP contribution is -2.30. The van der Waals surface area contributed by atoms with E-state index in [4.69, 9.17) is 12.2 Å². The molecule has 0 radical (unpaired) electrons. The monoisotopic (exact) mass is 563 g/mol. The van der Waals surface area contributed by atoms with Gasteiger partial charge in [0.2, 0.25) is 0 Å². The number of non-ortho nitro benzene ring substituents is 1. The molecule has 7 nitrogen and oxygen atoms in total. The average molecular weight is 564 g/mol. The normalized spacial score (nSPS) is 16.6. The topological polar surface area (TPSA) is 76.2 Å². The van der Waals surface area contributed by atoms with Crippen LogP contribution in [0.4, 0.5) is 11.4 Å². The third kappa shape index (κ3) is 4.97. The lowest BCUT2D eigenvalue weighted by atomic mass is 10.0. The second-order valence-corrected chi connectivity index (χ2v) is 10.9. The molecule has 2 atom stereocenters. The van der Waals surface area contributed by atoms with Gasteiger partial charge in [0.1, 0.15) is 6.04 Å². The molecular formula is C31H25N5O2S2. The number of benzene rings is 3. The van der Waals surface area contributed by atoms with Crippen molar-refractivity contribution in [2.24, 2.45) is 0 Å². The molecule has 0 amide bonds. The maximum Gasteiger partial charge on any atom is 0.269 e. The van der Waals surface area contributed by atoms with Gasteiger partial charge in [0.15, 0.2) is 5.11 Å². The van der Waals surface area contributed by atoms with Crippen LogP contribution in [0.2, 0.25) is 0 Å². The maximum atomic E-state index is 11.0. The summed E-state index contributed by atoms with van der Waals surface area (Å²) >= 11 is 7.49. The van der Waals surface area contributed by atoms with Crippen LogP contribution >= 0.6 is 24.0 Å². The van der Waals surface area contributed by atoms with Gasteiger partial charge < -0.3 is 14.8 Å². The van der Waals surface area contributed by atoms with Gasteiger partial charge in [-0.25, -0.2) is 0 Å². The lowest BCUT2D eigenvalue weighted by Gasteiger charge is -2.29. The molecule has 9 heteroatoms. The summed E-state index contributed by atoms with van der Waals surface area (Å²) in [5.41, 5.74) is 5.30. The van der Waals surface area contributed by atoms with Gasteiger partial charge in [-0.05, 0) is 91.9 Å². The number of hydrogen-bond donors (Lipinski definition) is 1. The molecule has 3 heterocycles. The minimum atomic E-state index is -0.388. The number of nitro benzene ring substituents is 1. The van der Waals surface area contributed by atoms with Crippen LogP contribution in [-0.4, -0.2) is 19.6 Å². The average Bonchev–Trinajstić information content (AvgIpc) is 3.53. The molecule has 0 spiro atoms. The highest BCUT2D eigenvalue weighted by atomic mass is 32.2. The van der Waals surface area contributed by atoms with E-state index in [1.807, 2.05) is 42.6 Å². The van der Waals surface area contributed by atoms with Crippen molar-refractivity contribution < 1.29 is 4.92 Å². The van der Waals surface area contributed by atoms with Gasteiger partial charge in [0.25, 0.3) is 5.69 Å². The number of aromatic nitrogens is 2. The number of nitrogens with zero attached hydrogens (tertiary/aromatic N) is 4. The standard InChI is InChI=1S/C31H25N5O2S2/c1-21-10-19-28(34(21)22-7-3-2-4-8-22)30-29(27-9-5-6-20-32-27)33-31(39)35(30)23-11-15-25(16-12-23)40-26-17-13-24(14-18-26)36(37)38/h2-20,29-30H,1H3,(H,33,39)/t29-,30+/m0/s1. The number of nitrogens with one attached hydrogen (secondary N) is 1. The molecule has 0 bridgehead atoms. The zero-order valence-electron chi connectivity index (χ0n) is 21.5. The number of aryl methyl sites for hydroxylation is 1. The Balaban J connectivity index is 1.37. The Morgan fingerprint density at radius 1 is 0.850 bits per heavy atom. The SMILES string of the molecule is Cc1ccc([C@@H]2[C@H](c3ccccn3)NC(=S)N2c2ccc(Sc3ccc([N+](=O)[O-])cc3)cc2)n1-c1ccccc1. The molecule has 198 valence electrons. The van der Waals surface area contributed by atoms with Crippen LogP contribution in [0.5, 0.6) is 0 Å². The molecule has 3 aromatic carbocycles. The van der Waals surface area contributed by atoms with Crippen molar-refractivity contribution in [1.29, 1.82) is 0 Å². The molecule has 2 aromatic heterocycles. The van der Waals surface area contributed by atoms with E-state index in [9.17, 15) is 10.1 Å². The molecule has 1 aliphatic heterocycles. The lowest BCUT2D eigenvalue weighted by molar-refractivity contribution is -0.384. The molecule has 0 unspecified atom stereocenters. The number of pyridine rings is 1. The molecule has 1 N–H and O–H groups in total. The largest absolute Gasteiger partial charge is 0.351 e. The van der Waals surface area contributed by atoms with Crippen molar-refractivity contribution in [1.82, 2.24) is 14.9 Å². The van der Waals surface area contributed by atoms with Crippen molar-refractivity contribution in [2.75, 3.05) is 4.90 Å². The Morgan fingerprint density at radius 3 is 2.17 bits per heavy atom. The number of nitro groups is 1. The molecule has 40 heavy (non-hydrogen) atoms. The Labute approximate surface area is 241 Å². The van der Waals surface area contributed by atoms with Crippen LogP contribution in [0.15, 0.2) is 125 Å². The fourth-order valence-electron chi connectivity index (χ4n) is 5.10. The number of rotatable bonds is 7. The summed E-state index contributed by atoms with van der Waals surface area (Å²) < 4.78 is 2.28. The van der Waals surface area contributed by atoms with E-state index < -0.39 is 0 Å². The van der Waals surface area contributed by atoms with Crippen LogP contribution in [-0.2, 0) is 0 Å². The van der Waals surface area contributed by atoms with Crippen LogP contribution < -0.4 is 10.2 Å². The molecule has 0 aliphatic carbocycles. The summed E-state index contributed by atoms with van der Waals surface area (Å²) in [5, 5.41) is 15.2. The van der Waals surface area contributed by atoms with Gasteiger partial charge in [0, 0.05) is 50.9 Å². The van der Waals surface area contributed by atoms with E-state index >= 15 is 0 Å². The highest BCUT2D eigenvalue weighted by Gasteiger charge is 2.42. The minimum Gasteiger partial charge on any atom is -0.351 e. The number of anilines is 1. The zero-order valence-corrected chi connectivity index (χ0v) is 23.2. The predicted octanol–water partition coefficient (Wildman–Crippen LogP) is 7.42. The first kappa shape index (κ1) is 25.8. The maximum absolute atomic E-state index is 11.0. The molecular weight excluding hydrogens is 539 g/mol. The fraction of sp³-hybridized carbons (Fsp3) is 0.0968. The summed E-state index contributed by atoms with van der Waals surface area (Å²) in [5.74, 6) is 0. The van der Waals surface area contributed by atoms with E-state index in [2.05, 4.69) is 75.2 Å². The highest BCUT2D eigenvalue weighted by Crippen LogP contribution is 2.43. The molecule has 5 aromatic rings. The first-order valence-electron chi connectivity index (χ1n) is 12.8. The summed E-state index contributed by atoms with van der Waals surface area (Å²) in [4.78, 5) is 19.4.